The molecule has 0 saturated heterocycles. The fraction of sp³-hybridized carbons (Fsp3) is 0.182. The minimum absolute atomic E-state index is 0.310. The van der Waals surface area contributed by atoms with Crippen LogP contribution in [0.1, 0.15) is 17.3 Å². The van der Waals surface area contributed by atoms with Crippen LogP contribution in [0.4, 0.5) is 4.39 Å². The second-order valence-electron chi connectivity index (χ2n) is 3.50. The molecule has 1 heterocycles. The van der Waals surface area contributed by atoms with Crippen molar-refractivity contribution < 1.29 is 4.39 Å². The maximum atomic E-state index is 13.4. The second kappa shape index (κ2) is 4.35. The zero-order valence-corrected chi connectivity index (χ0v) is 10.3. The summed E-state index contributed by atoms with van der Waals surface area (Å²) < 4.78 is 15.4. The highest BCUT2D eigenvalue weighted by Crippen LogP contribution is 2.28. The van der Waals surface area contributed by atoms with Crippen molar-refractivity contribution in [1.29, 1.82) is 0 Å². The molecule has 0 spiro atoms. The topological polar surface area (TPSA) is 43.8 Å². The lowest BCUT2D eigenvalue weighted by Gasteiger charge is -2.14. The number of rotatable bonds is 2. The summed E-state index contributed by atoms with van der Waals surface area (Å²) in [6, 6.07) is 6.26. The molecule has 0 aliphatic heterocycles. The van der Waals surface area contributed by atoms with E-state index in [0.717, 1.165) is 5.69 Å². The van der Waals surface area contributed by atoms with E-state index in [1.165, 1.54) is 6.07 Å². The normalized spacial score (nSPS) is 12.8. The highest BCUT2D eigenvalue weighted by atomic mass is 79.9. The van der Waals surface area contributed by atoms with Gasteiger partial charge in [0.1, 0.15) is 5.82 Å². The first kappa shape index (κ1) is 11.3. The quantitative estimate of drug-likeness (QED) is 0.920. The highest BCUT2D eigenvalue weighted by molar-refractivity contribution is 9.10. The Morgan fingerprint density at radius 3 is 2.81 bits per heavy atom. The van der Waals surface area contributed by atoms with Gasteiger partial charge >= 0.3 is 0 Å². The lowest BCUT2D eigenvalue weighted by atomic mass is 10.0. The van der Waals surface area contributed by atoms with Crippen molar-refractivity contribution in [3.8, 4) is 0 Å². The molecule has 2 aromatic rings. The Balaban J connectivity index is 2.46. The van der Waals surface area contributed by atoms with Gasteiger partial charge in [-0.2, -0.15) is 5.10 Å². The summed E-state index contributed by atoms with van der Waals surface area (Å²) in [5.74, 6) is -0.310. The van der Waals surface area contributed by atoms with Gasteiger partial charge in [-0.25, -0.2) is 4.39 Å². The first-order valence-corrected chi connectivity index (χ1v) is 5.58. The van der Waals surface area contributed by atoms with Crippen LogP contribution in [-0.2, 0) is 7.05 Å². The Morgan fingerprint density at radius 1 is 1.44 bits per heavy atom. The van der Waals surface area contributed by atoms with Gasteiger partial charge in [0.15, 0.2) is 0 Å². The van der Waals surface area contributed by atoms with Gasteiger partial charge in [0.25, 0.3) is 0 Å². The van der Waals surface area contributed by atoms with E-state index in [2.05, 4.69) is 21.0 Å². The third-order valence-corrected chi connectivity index (χ3v) is 3.33. The first-order valence-electron chi connectivity index (χ1n) is 4.78. The van der Waals surface area contributed by atoms with Gasteiger partial charge in [-0.1, -0.05) is 12.1 Å². The molecule has 0 aliphatic rings. The van der Waals surface area contributed by atoms with Crippen molar-refractivity contribution in [3.05, 3.63) is 52.0 Å². The molecule has 0 amide bonds. The first-order chi connectivity index (χ1) is 7.61. The van der Waals surface area contributed by atoms with E-state index < -0.39 is 6.04 Å². The van der Waals surface area contributed by atoms with Gasteiger partial charge in [0, 0.05) is 13.2 Å². The minimum atomic E-state index is -0.391. The number of hydrogen-bond acceptors (Lipinski definition) is 2. The van der Waals surface area contributed by atoms with Crippen LogP contribution in [0.5, 0.6) is 0 Å². The van der Waals surface area contributed by atoms with Gasteiger partial charge < -0.3 is 5.73 Å². The molecular formula is C11H11BrFN3. The molecule has 2 N–H and O–H groups in total. The molecule has 1 aromatic carbocycles. The Kier molecular flexibility index (Phi) is 3.07. The smallest absolute Gasteiger partial charge is 0.137 e. The summed E-state index contributed by atoms with van der Waals surface area (Å²) in [5.41, 5.74) is 7.62. The molecular weight excluding hydrogens is 273 g/mol. The van der Waals surface area contributed by atoms with Crippen molar-refractivity contribution in [3.63, 3.8) is 0 Å². The number of halogens is 2. The van der Waals surface area contributed by atoms with Crippen molar-refractivity contribution in [2.45, 2.75) is 6.04 Å². The number of nitrogens with zero attached hydrogens (tertiary/aromatic N) is 2. The van der Waals surface area contributed by atoms with E-state index in [4.69, 9.17) is 5.73 Å². The largest absolute Gasteiger partial charge is 0.319 e. The fourth-order valence-electron chi connectivity index (χ4n) is 1.61. The predicted octanol–water partition coefficient (Wildman–Crippen LogP) is 2.37. The molecule has 0 bridgehead atoms. The van der Waals surface area contributed by atoms with E-state index in [-0.39, 0.29) is 5.82 Å². The fourth-order valence-corrected chi connectivity index (χ4v) is 2.12. The van der Waals surface area contributed by atoms with Crippen LogP contribution in [-0.4, -0.2) is 9.78 Å². The molecule has 84 valence electrons. The summed E-state index contributed by atoms with van der Waals surface area (Å²) in [7, 11) is 1.81. The molecule has 1 aromatic heterocycles. The third-order valence-electron chi connectivity index (χ3n) is 2.49. The monoisotopic (exact) mass is 283 g/mol. The zero-order valence-electron chi connectivity index (χ0n) is 8.69. The average Bonchev–Trinajstić information content (AvgIpc) is 2.68. The van der Waals surface area contributed by atoms with Crippen LogP contribution >= 0.6 is 15.9 Å². The van der Waals surface area contributed by atoms with Crippen molar-refractivity contribution in [2.75, 3.05) is 0 Å². The minimum Gasteiger partial charge on any atom is -0.319 e. The number of hydrogen-bond donors (Lipinski definition) is 1. The number of aryl methyl sites for hydroxylation is 1. The van der Waals surface area contributed by atoms with Crippen molar-refractivity contribution in [2.24, 2.45) is 12.8 Å². The lowest BCUT2D eigenvalue weighted by Crippen LogP contribution is -2.16. The van der Waals surface area contributed by atoms with E-state index in [1.807, 2.05) is 13.1 Å². The van der Waals surface area contributed by atoms with E-state index >= 15 is 0 Å². The molecule has 5 heteroatoms. The highest BCUT2D eigenvalue weighted by Gasteiger charge is 2.16. The predicted molar refractivity (Wildman–Crippen MR) is 63.3 cm³/mol. The molecule has 3 nitrogen and oxygen atoms in total. The summed E-state index contributed by atoms with van der Waals surface area (Å²) in [6.07, 6.45) is 1.67. The van der Waals surface area contributed by atoms with Gasteiger partial charge in [-0.05, 0) is 33.6 Å². The molecule has 0 saturated carbocycles. The Bertz CT molecular complexity index is 510. The Hall–Kier alpha value is -1.20. The average molecular weight is 284 g/mol. The summed E-state index contributed by atoms with van der Waals surface area (Å²) in [5, 5.41) is 4.04. The molecule has 1 atom stereocenters. The molecule has 0 radical (unpaired) electrons. The number of benzene rings is 1. The van der Waals surface area contributed by atoms with Crippen LogP contribution in [0.25, 0.3) is 0 Å². The number of nitrogens with two attached hydrogens (primary N) is 1. The van der Waals surface area contributed by atoms with Gasteiger partial charge in [0.05, 0.1) is 16.2 Å². The third kappa shape index (κ3) is 1.88. The Labute approximate surface area is 101 Å². The summed E-state index contributed by atoms with van der Waals surface area (Å²) >= 11 is 3.21. The molecule has 0 fully saturated rings. The maximum absolute atomic E-state index is 13.4. The van der Waals surface area contributed by atoms with Crippen LogP contribution < -0.4 is 5.73 Å². The molecule has 16 heavy (non-hydrogen) atoms. The molecule has 1 unspecified atom stereocenters. The number of aromatic nitrogens is 2. The maximum Gasteiger partial charge on any atom is 0.137 e. The van der Waals surface area contributed by atoms with Crippen molar-refractivity contribution >= 4 is 15.9 Å². The Morgan fingerprint density at radius 2 is 2.19 bits per heavy atom. The van der Waals surface area contributed by atoms with Crippen LogP contribution in [0.2, 0.25) is 0 Å². The van der Waals surface area contributed by atoms with Crippen molar-refractivity contribution in [1.82, 2.24) is 9.78 Å². The van der Waals surface area contributed by atoms with E-state index in [1.54, 1.807) is 23.0 Å². The SMILES string of the molecule is Cn1nccc1C(N)c1cccc(F)c1Br. The van der Waals surface area contributed by atoms with Gasteiger partial charge in [-0.3, -0.25) is 4.68 Å². The van der Waals surface area contributed by atoms with Crippen LogP contribution in [0.3, 0.4) is 0 Å². The standard InChI is InChI=1S/C11H11BrFN3/c1-16-9(5-6-15-16)11(14)7-3-2-4-8(13)10(7)12/h2-6,11H,14H2,1H3. The summed E-state index contributed by atoms with van der Waals surface area (Å²) in [4.78, 5) is 0. The van der Waals surface area contributed by atoms with Crippen LogP contribution in [0.15, 0.2) is 34.9 Å². The lowest BCUT2D eigenvalue weighted by molar-refractivity contribution is 0.611. The van der Waals surface area contributed by atoms with E-state index in [0.29, 0.717) is 10.0 Å². The van der Waals surface area contributed by atoms with Gasteiger partial charge in [-0.15, -0.1) is 0 Å². The van der Waals surface area contributed by atoms with Crippen LogP contribution in [0, 0.1) is 5.82 Å². The summed E-state index contributed by atoms with van der Waals surface area (Å²) in [6.45, 7) is 0. The molecule has 2 rings (SSSR count). The van der Waals surface area contributed by atoms with E-state index in [9.17, 15) is 4.39 Å². The van der Waals surface area contributed by atoms with Gasteiger partial charge in [0.2, 0.25) is 0 Å². The molecule has 0 aliphatic carbocycles. The zero-order chi connectivity index (χ0) is 11.7. The second-order valence-corrected chi connectivity index (χ2v) is 4.29.